The van der Waals surface area contributed by atoms with Gasteiger partial charge in [0.15, 0.2) is 11.6 Å². The van der Waals surface area contributed by atoms with Gasteiger partial charge in [0, 0.05) is 29.4 Å². The number of nitrogens with one attached hydrogen (secondary N) is 2. The molecular formula is C24H19FN6. The van der Waals surface area contributed by atoms with Gasteiger partial charge in [-0.25, -0.2) is 14.4 Å². The van der Waals surface area contributed by atoms with Gasteiger partial charge in [-0.3, -0.25) is 10.1 Å². The van der Waals surface area contributed by atoms with Crippen LogP contribution in [-0.2, 0) is 6.54 Å². The number of aromatic nitrogens is 5. The molecule has 0 fully saturated rings. The molecule has 3 aromatic heterocycles. The number of anilines is 1. The van der Waals surface area contributed by atoms with E-state index in [4.69, 9.17) is 0 Å². The maximum atomic E-state index is 15.1. The molecule has 0 saturated carbocycles. The summed E-state index contributed by atoms with van der Waals surface area (Å²) in [6.07, 6.45) is 4.88. The molecule has 0 saturated heterocycles. The van der Waals surface area contributed by atoms with Crippen LogP contribution in [-0.4, -0.2) is 25.1 Å². The fraction of sp³-hybridized carbons (Fsp3) is 0.0833. The predicted octanol–water partition coefficient (Wildman–Crippen LogP) is 5.14. The lowest BCUT2D eigenvalue weighted by atomic mass is 10.0. The second-order valence-electron chi connectivity index (χ2n) is 7.29. The monoisotopic (exact) mass is 410 g/mol. The molecule has 0 spiro atoms. The Bertz CT molecular complexity index is 1360. The Balaban J connectivity index is 1.34. The van der Waals surface area contributed by atoms with Crippen molar-refractivity contribution in [2.45, 2.75) is 13.5 Å². The molecule has 7 heteroatoms. The number of H-pyrrole nitrogens is 1. The van der Waals surface area contributed by atoms with Crippen LogP contribution in [0, 0.1) is 12.7 Å². The van der Waals surface area contributed by atoms with E-state index in [0.717, 1.165) is 33.3 Å². The minimum absolute atomic E-state index is 0.172. The highest BCUT2D eigenvalue weighted by molar-refractivity contribution is 5.83. The molecule has 31 heavy (non-hydrogen) atoms. The first-order chi connectivity index (χ1) is 15.2. The van der Waals surface area contributed by atoms with Gasteiger partial charge in [0.25, 0.3) is 0 Å². The van der Waals surface area contributed by atoms with Crippen molar-refractivity contribution in [2.75, 3.05) is 5.32 Å². The van der Waals surface area contributed by atoms with E-state index in [1.165, 1.54) is 6.33 Å². The number of rotatable bonds is 5. The fourth-order valence-corrected chi connectivity index (χ4v) is 3.51. The normalized spacial score (nSPS) is 11.0. The SMILES string of the molecule is Cc1cc(-c2ccc(CNc3ncnc(-c4ccc5[nH]ncc5c4)c3F)cc2)ccn1. The van der Waals surface area contributed by atoms with E-state index in [2.05, 4.69) is 30.5 Å². The molecule has 0 aliphatic carbocycles. The number of hydrogen-bond donors (Lipinski definition) is 2. The second-order valence-corrected chi connectivity index (χ2v) is 7.29. The van der Waals surface area contributed by atoms with Gasteiger partial charge in [-0.05, 0) is 47.9 Å². The lowest BCUT2D eigenvalue weighted by Crippen LogP contribution is -2.05. The average molecular weight is 410 g/mol. The summed E-state index contributed by atoms with van der Waals surface area (Å²) < 4.78 is 15.1. The van der Waals surface area contributed by atoms with Crippen molar-refractivity contribution in [1.82, 2.24) is 25.1 Å². The van der Waals surface area contributed by atoms with E-state index in [0.29, 0.717) is 12.1 Å². The van der Waals surface area contributed by atoms with E-state index in [1.807, 2.05) is 61.5 Å². The highest BCUT2D eigenvalue weighted by Gasteiger charge is 2.13. The third-order valence-corrected chi connectivity index (χ3v) is 5.15. The van der Waals surface area contributed by atoms with Crippen LogP contribution in [0.1, 0.15) is 11.3 Å². The maximum absolute atomic E-state index is 15.1. The largest absolute Gasteiger partial charge is 0.363 e. The number of pyridine rings is 1. The summed E-state index contributed by atoms with van der Waals surface area (Å²) in [7, 11) is 0. The Morgan fingerprint density at radius 2 is 1.74 bits per heavy atom. The van der Waals surface area contributed by atoms with E-state index in [1.54, 1.807) is 12.4 Å². The highest BCUT2D eigenvalue weighted by atomic mass is 19.1. The van der Waals surface area contributed by atoms with Crippen LogP contribution >= 0.6 is 0 Å². The van der Waals surface area contributed by atoms with Gasteiger partial charge in [0.2, 0.25) is 0 Å². The molecular weight excluding hydrogens is 391 g/mol. The van der Waals surface area contributed by atoms with Crippen LogP contribution in [0.25, 0.3) is 33.3 Å². The van der Waals surface area contributed by atoms with E-state index >= 15 is 4.39 Å². The van der Waals surface area contributed by atoms with Crippen LogP contribution in [0.2, 0.25) is 0 Å². The Morgan fingerprint density at radius 1 is 0.903 bits per heavy atom. The topological polar surface area (TPSA) is 79.4 Å². The smallest absolute Gasteiger partial charge is 0.191 e. The van der Waals surface area contributed by atoms with Crippen molar-refractivity contribution in [2.24, 2.45) is 0 Å². The molecule has 6 nitrogen and oxygen atoms in total. The first kappa shape index (κ1) is 18.9. The predicted molar refractivity (Wildman–Crippen MR) is 119 cm³/mol. The number of benzene rings is 2. The molecule has 0 aliphatic heterocycles. The Labute approximate surface area is 178 Å². The van der Waals surface area contributed by atoms with Gasteiger partial charge in [0.1, 0.15) is 12.0 Å². The number of aromatic amines is 1. The van der Waals surface area contributed by atoms with Crippen molar-refractivity contribution in [3.8, 4) is 22.4 Å². The van der Waals surface area contributed by atoms with E-state index in [-0.39, 0.29) is 11.5 Å². The summed E-state index contributed by atoms with van der Waals surface area (Å²) in [5, 5.41) is 10.9. The number of fused-ring (bicyclic) bond motifs is 1. The first-order valence-electron chi connectivity index (χ1n) is 9.87. The summed E-state index contributed by atoms with van der Waals surface area (Å²) in [4.78, 5) is 12.5. The lowest BCUT2D eigenvalue weighted by molar-refractivity contribution is 0.621. The van der Waals surface area contributed by atoms with Gasteiger partial charge < -0.3 is 5.32 Å². The minimum Gasteiger partial charge on any atom is -0.363 e. The second kappa shape index (κ2) is 7.95. The van der Waals surface area contributed by atoms with Crippen molar-refractivity contribution >= 4 is 16.7 Å². The third kappa shape index (κ3) is 3.85. The standard InChI is InChI=1S/C24H19FN6/c1-15-10-18(8-9-26-15)17-4-2-16(3-5-17)12-27-24-22(25)23(28-14-29-24)19-6-7-21-20(11-19)13-30-31-21/h2-11,13-14H,12H2,1H3,(H,30,31)(H,27,28,29). The quantitative estimate of drug-likeness (QED) is 0.419. The zero-order valence-corrected chi connectivity index (χ0v) is 16.8. The highest BCUT2D eigenvalue weighted by Crippen LogP contribution is 2.27. The molecule has 2 N–H and O–H groups in total. The van der Waals surface area contributed by atoms with E-state index in [9.17, 15) is 0 Å². The van der Waals surface area contributed by atoms with Crippen LogP contribution in [0.5, 0.6) is 0 Å². The summed E-state index contributed by atoms with van der Waals surface area (Å²) in [6.45, 7) is 2.42. The Hall–Kier alpha value is -4.13. The van der Waals surface area contributed by atoms with Crippen LogP contribution in [0.4, 0.5) is 10.2 Å². The van der Waals surface area contributed by atoms with Crippen molar-refractivity contribution in [3.63, 3.8) is 0 Å². The van der Waals surface area contributed by atoms with Crippen LogP contribution < -0.4 is 5.32 Å². The number of halogens is 1. The summed E-state index contributed by atoms with van der Waals surface area (Å²) in [5.74, 6) is -0.305. The zero-order chi connectivity index (χ0) is 21.2. The van der Waals surface area contributed by atoms with Crippen molar-refractivity contribution in [1.29, 1.82) is 0 Å². The third-order valence-electron chi connectivity index (χ3n) is 5.15. The number of aryl methyl sites for hydroxylation is 1. The maximum Gasteiger partial charge on any atom is 0.191 e. The molecule has 0 aliphatic rings. The Kier molecular flexibility index (Phi) is 4.84. The number of nitrogens with zero attached hydrogens (tertiary/aromatic N) is 4. The minimum atomic E-state index is -0.478. The number of hydrogen-bond acceptors (Lipinski definition) is 5. The molecule has 5 rings (SSSR count). The van der Waals surface area contributed by atoms with Gasteiger partial charge in [0.05, 0.1) is 11.7 Å². The molecule has 0 bridgehead atoms. The van der Waals surface area contributed by atoms with Gasteiger partial charge in [-0.15, -0.1) is 0 Å². The van der Waals surface area contributed by atoms with Gasteiger partial charge >= 0.3 is 0 Å². The first-order valence-corrected chi connectivity index (χ1v) is 9.87. The molecule has 152 valence electrons. The van der Waals surface area contributed by atoms with Gasteiger partial charge in [-0.1, -0.05) is 30.3 Å². The average Bonchev–Trinajstić information content (AvgIpc) is 3.27. The van der Waals surface area contributed by atoms with Crippen molar-refractivity contribution < 1.29 is 4.39 Å². The molecule has 0 atom stereocenters. The molecule has 2 aromatic carbocycles. The Morgan fingerprint density at radius 3 is 2.58 bits per heavy atom. The zero-order valence-electron chi connectivity index (χ0n) is 16.8. The fourth-order valence-electron chi connectivity index (χ4n) is 3.51. The summed E-state index contributed by atoms with van der Waals surface area (Å²) >= 11 is 0. The van der Waals surface area contributed by atoms with Gasteiger partial charge in [-0.2, -0.15) is 5.10 Å². The van der Waals surface area contributed by atoms with Crippen LogP contribution in [0.15, 0.2) is 73.3 Å². The van der Waals surface area contributed by atoms with Crippen LogP contribution in [0.3, 0.4) is 0 Å². The molecule has 5 aromatic rings. The molecule has 3 heterocycles. The van der Waals surface area contributed by atoms with E-state index < -0.39 is 5.82 Å². The molecule has 0 unspecified atom stereocenters. The summed E-state index contributed by atoms with van der Waals surface area (Å²) in [6, 6.07) is 17.7. The molecule has 0 radical (unpaired) electrons. The van der Waals surface area contributed by atoms with Crippen molar-refractivity contribution in [3.05, 3.63) is 90.4 Å². The molecule has 0 amide bonds. The lowest BCUT2D eigenvalue weighted by Gasteiger charge is -2.10. The summed E-state index contributed by atoms with van der Waals surface area (Å²) in [5.41, 5.74) is 6.05.